The number of hydrogen-bond donors (Lipinski definition) is 2. The van der Waals surface area contributed by atoms with Gasteiger partial charge in [0.1, 0.15) is 25.4 Å². The van der Waals surface area contributed by atoms with E-state index in [1.807, 2.05) is 57.2 Å². The molecular weight excluding hydrogens is 551 g/mol. The third-order valence-corrected chi connectivity index (χ3v) is 9.62. The fraction of sp³-hybridized carbons (Fsp3) is 0.290. The highest BCUT2D eigenvalue weighted by molar-refractivity contribution is 7.89. The summed E-state index contributed by atoms with van der Waals surface area (Å²) >= 11 is 0. The lowest BCUT2D eigenvalue weighted by atomic mass is 9.91. The van der Waals surface area contributed by atoms with Crippen molar-refractivity contribution in [2.75, 3.05) is 13.1 Å². The van der Waals surface area contributed by atoms with Gasteiger partial charge in [0, 0.05) is 30.1 Å². The molecular formula is C31H35BN4O5S. The molecule has 3 aromatic carbocycles. The third-order valence-electron chi connectivity index (χ3n) is 7.84. The molecule has 1 unspecified atom stereocenters. The number of hydrogen-bond acceptors (Lipinski definition) is 6. The molecule has 218 valence electrons. The molecule has 0 spiro atoms. The van der Waals surface area contributed by atoms with E-state index >= 15 is 0 Å². The molecule has 0 aliphatic carbocycles. The van der Waals surface area contributed by atoms with Crippen LogP contribution in [0.4, 0.5) is 4.79 Å². The smallest absolute Gasteiger partial charge is 0.341 e. The Labute approximate surface area is 247 Å². The van der Waals surface area contributed by atoms with Crippen LogP contribution in [-0.4, -0.2) is 61.5 Å². The van der Waals surface area contributed by atoms with Crippen molar-refractivity contribution in [3.05, 3.63) is 83.6 Å². The lowest BCUT2D eigenvalue weighted by Crippen LogP contribution is -2.41. The van der Waals surface area contributed by atoms with Crippen molar-refractivity contribution in [3.8, 4) is 11.5 Å². The van der Waals surface area contributed by atoms with Crippen molar-refractivity contribution >= 4 is 46.2 Å². The molecule has 2 heterocycles. The van der Waals surface area contributed by atoms with Gasteiger partial charge in [-0.3, -0.25) is 9.69 Å². The summed E-state index contributed by atoms with van der Waals surface area (Å²) in [6.45, 7) is 4.41. The van der Waals surface area contributed by atoms with Crippen molar-refractivity contribution in [1.29, 1.82) is 0 Å². The number of amides is 3. The number of fused-ring (bicyclic) bond motifs is 1. The zero-order valence-electron chi connectivity index (χ0n) is 24.1. The summed E-state index contributed by atoms with van der Waals surface area (Å²) in [5.41, 5.74) is 10.0. The molecule has 0 bridgehead atoms. The largest absolute Gasteiger partial charge is 0.457 e. The molecule has 0 radical (unpaired) electrons. The van der Waals surface area contributed by atoms with Gasteiger partial charge in [0.15, 0.2) is 0 Å². The van der Waals surface area contributed by atoms with Crippen molar-refractivity contribution < 1.29 is 22.7 Å². The topological polar surface area (TPSA) is 126 Å². The average Bonchev–Trinajstić information content (AvgIpc) is 3.48. The molecule has 42 heavy (non-hydrogen) atoms. The summed E-state index contributed by atoms with van der Waals surface area (Å²) in [6.07, 6.45) is 3.85. The number of nitrogens with one attached hydrogen (secondary N) is 1. The molecule has 1 fully saturated rings. The SMILES string of the molecule is Bc1cc(Oc2ccc(S(=O)(=O)N3C(=O)N(CCCCCN)C(=O)C3Cc3c[nH]c4ccccc34)cc2C)ccc1C. The van der Waals surface area contributed by atoms with Crippen LogP contribution in [0.5, 0.6) is 11.5 Å². The van der Waals surface area contributed by atoms with E-state index in [0.717, 1.165) is 49.5 Å². The number of unbranched alkanes of at least 4 members (excludes halogenated alkanes) is 2. The van der Waals surface area contributed by atoms with E-state index in [1.54, 1.807) is 19.2 Å². The maximum Gasteiger partial charge on any atom is 0.341 e. The number of nitrogens with zero attached hydrogens (tertiary/aromatic N) is 2. The number of aryl methyl sites for hydroxylation is 2. The Hall–Kier alpha value is -4.09. The minimum absolute atomic E-state index is 0.0556. The Bertz CT molecular complexity index is 1750. The van der Waals surface area contributed by atoms with Crippen LogP contribution in [0.1, 0.15) is 36.0 Å². The van der Waals surface area contributed by atoms with Crippen LogP contribution in [0.15, 0.2) is 71.8 Å². The molecule has 1 atom stereocenters. The van der Waals surface area contributed by atoms with E-state index in [-0.39, 0.29) is 17.9 Å². The number of aromatic nitrogens is 1. The first kappa shape index (κ1) is 29.4. The highest BCUT2D eigenvalue weighted by atomic mass is 32.2. The van der Waals surface area contributed by atoms with Crippen LogP contribution in [0.3, 0.4) is 0 Å². The van der Waals surface area contributed by atoms with E-state index in [4.69, 9.17) is 10.5 Å². The first-order valence-electron chi connectivity index (χ1n) is 14.1. The standard InChI is InChI=1S/C31H35BN4O5S/c1-20-10-11-23(18-26(20)32)41-29-13-12-24(16-21(29)2)42(39,40)36-28(17-22-19-34-27-9-5-4-8-25(22)27)30(37)35(31(36)38)15-7-3-6-14-33/h4-5,8-13,16,18-19,28,34H,3,6-7,14-15,17,32-33H2,1-2H3. The van der Waals surface area contributed by atoms with Gasteiger partial charge in [0.05, 0.1) is 4.90 Å². The van der Waals surface area contributed by atoms with E-state index in [0.29, 0.717) is 30.0 Å². The lowest BCUT2D eigenvalue weighted by Gasteiger charge is -2.22. The number of urea groups is 1. The zero-order chi connectivity index (χ0) is 30.0. The molecule has 3 amide bonds. The van der Waals surface area contributed by atoms with Crippen LogP contribution in [0.2, 0.25) is 0 Å². The molecule has 1 aliphatic rings. The Morgan fingerprint density at radius 1 is 0.976 bits per heavy atom. The molecule has 1 aliphatic heterocycles. The van der Waals surface area contributed by atoms with Crippen LogP contribution in [0, 0.1) is 13.8 Å². The number of para-hydroxylation sites is 1. The molecule has 1 aromatic heterocycles. The Morgan fingerprint density at radius 2 is 1.76 bits per heavy atom. The number of carbonyl (C=O) groups excluding carboxylic acids is 2. The Kier molecular flexibility index (Phi) is 8.42. The molecule has 3 N–H and O–H groups in total. The highest BCUT2D eigenvalue weighted by Gasteiger charge is 2.51. The number of ether oxygens (including phenoxy) is 1. The summed E-state index contributed by atoms with van der Waals surface area (Å²) < 4.78 is 35.0. The fourth-order valence-corrected chi connectivity index (χ4v) is 6.88. The van der Waals surface area contributed by atoms with Gasteiger partial charge in [-0.05, 0) is 80.8 Å². The van der Waals surface area contributed by atoms with E-state index in [1.165, 1.54) is 12.1 Å². The maximum atomic E-state index is 14.1. The quantitative estimate of drug-likeness (QED) is 0.157. The van der Waals surface area contributed by atoms with Crippen molar-refractivity contribution in [3.63, 3.8) is 0 Å². The zero-order valence-corrected chi connectivity index (χ0v) is 24.9. The molecule has 9 nitrogen and oxygen atoms in total. The number of carbonyl (C=O) groups is 2. The minimum atomic E-state index is -4.38. The van der Waals surface area contributed by atoms with Gasteiger partial charge in [0.25, 0.3) is 15.9 Å². The van der Waals surface area contributed by atoms with Gasteiger partial charge in [-0.2, -0.15) is 0 Å². The summed E-state index contributed by atoms with van der Waals surface area (Å²) in [5, 5.41) is 0.875. The number of nitrogens with two attached hydrogens (primary N) is 1. The number of sulfonamides is 1. The molecule has 0 saturated carbocycles. The summed E-state index contributed by atoms with van der Waals surface area (Å²) in [4.78, 5) is 31.5. The Balaban J connectivity index is 1.47. The van der Waals surface area contributed by atoms with Crippen LogP contribution < -0.4 is 15.9 Å². The van der Waals surface area contributed by atoms with Gasteiger partial charge >= 0.3 is 6.03 Å². The lowest BCUT2D eigenvalue weighted by molar-refractivity contribution is -0.127. The van der Waals surface area contributed by atoms with Gasteiger partial charge in [-0.15, -0.1) is 0 Å². The third kappa shape index (κ3) is 5.66. The molecule has 11 heteroatoms. The normalized spacial score (nSPS) is 15.6. The molecule has 4 aromatic rings. The van der Waals surface area contributed by atoms with E-state index in [2.05, 4.69) is 4.98 Å². The summed E-state index contributed by atoms with van der Waals surface area (Å²) in [5.74, 6) is 0.618. The summed E-state index contributed by atoms with van der Waals surface area (Å²) in [6, 6.07) is 15.8. The summed E-state index contributed by atoms with van der Waals surface area (Å²) in [7, 11) is -2.39. The monoisotopic (exact) mass is 586 g/mol. The van der Waals surface area contributed by atoms with Crippen LogP contribution in [-0.2, 0) is 21.2 Å². The predicted molar refractivity (Wildman–Crippen MR) is 165 cm³/mol. The van der Waals surface area contributed by atoms with Gasteiger partial charge in [-0.1, -0.05) is 41.7 Å². The van der Waals surface area contributed by atoms with Crippen molar-refractivity contribution in [2.45, 2.75) is 50.5 Å². The first-order chi connectivity index (χ1) is 20.1. The maximum absolute atomic E-state index is 14.1. The van der Waals surface area contributed by atoms with Crippen molar-refractivity contribution in [1.82, 2.24) is 14.2 Å². The number of benzene rings is 3. The average molecular weight is 587 g/mol. The second-order valence-electron chi connectivity index (χ2n) is 10.8. The number of imide groups is 1. The molecule has 1 saturated heterocycles. The second kappa shape index (κ2) is 12.0. The van der Waals surface area contributed by atoms with E-state index in [9.17, 15) is 18.0 Å². The second-order valence-corrected chi connectivity index (χ2v) is 12.6. The van der Waals surface area contributed by atoms with Gasteiger partial charge < -0.3 is 15.5 Å². The van der Waals surface area contributed by atoms with Gasteiger partial charge in [0.2, 0.25) is 0 Å². The first-order valence-corrected chi connectivity index (χ1v) is 15.6. The van der Waals surface area contributed by atoms with Gasteiger partial charge in [-0.25, -0.2) is 17.5 Å². The van der Waals surface area contributed by atoms with Crippen LogP contribution >= 0.6 is 0 Å². The number of aromatic amines is 1. The predicted octanol–water partition coefficient (Wildman–Crippen LogP) is 3.53. The Morgan fingerprint density at radius 3 is 2.50 bits per heavy atom. The van der Waals surface area contributed by atoms with Crippen molar-refractivity contribution in [2.24, 2.45) is 5.73 Å². The number of H-pyrrole nitrogens is 1. The molecule has 5 rings (SSSR count). The van der Waals surface area contributed by atoms with Crippen LogP contribution in [0.25, 0.3) is 10.9 Å². The fourth-order valence-electron chi connectivity index (χ4n) is 5.29. The highest BCUT2D eigenvalue weighted by Crippen LogP contribution is 2.33. The number of rotatable bonds is 11. The minimum Gasteiger partial charge on any atom is -0.457 e. The van der Waals surface area contributed by atoms with E-state index < -0.39 is 28.0 Å².